The highest BCUT2D eigenvalue weighted by atomic mass is 16.5. The van der Waals surface area contributed by atoms with E-state index >= 15 is 0 Å². The lowest BCUT2D eigenvalue weighted by molar-refractivity contribution is -0.148. The SMILES string of the molecule is CCN1CC(COC(=O)C2(c3ccccc3)CC2)CC1=O. The van der Waals surface area contributed by atoms with E-state index in [1.54, 1.807) is 0 Å². The Morgan fingerprint density at radius 2 is 2.05 bits per heavy atom. The predicted octanol–water partition coefficient (Wildman–Crippen LogP) is 2.13. The average Bonchev–Trinajstić information content (AvgIpc) is 3.25. The zero-order valence-electron chi connectivity index (χ0n) is 12.4. The van der Waals surface area contributed by atoms with Crippen LogP contribution in [0.3, 0.4) is 0 Å². The lowest BCUT2D eigenvalue weighted by atomic mass is 9.96. The maximum Gasteiger partial charge on any atom is 0.316 e. The molecule has 4 heteroatoms. The molecular formula is C17H21NO3. The zero-order valence-corrected chi connectivity index (χ0v) is 12.4. The fourth-order valence-electron chi connectivity index (χ4n) is 3.10. The normalized spacial score (nSPS) is 23.2. The smallest absolute Gasteiger partial charge is 0.316 e. The van der Waals surface area contributed by atoms with Crippen LogP contribution in [0.2, 0.25) is 0 Å². The molecule has 1 aromatic rings. The highest BCUT2D eigenvalue weighted by Gasteiger charge is 2.52. The molecule has 1 heterocycles. The number of amides is 1. The number of hydrogen-bond donors (Lipinski definition) is 0. The molecule has 1 saturated carbocycles. The minimum atomic E-state index is -0.422. The molecule has 1 aromatic carbocycles. The molecule has 1 aliphatic heterocycles. The van der Waals surface area contributed by atoms with Gasteiger partial charge in [0, 0.05) is 25.4 Å². The highest BCUT2D eigenvalue weighted by molar-refractivity contribution is 5.86. The van der Waals surface area contributed by atoms with Gasteiger partial charge in [-0.2, -0.15) is 0 Å². The number of nitrogens with zero attached hydrogens (tertiary/aromatic N) is 1. The summed E-state index contributed by atoms with van der Waals surface area (Å²) in [5.41, 5.74) is 0.626. The Kier molecular flexibility index (Phi) is 3.70. The molecule has 3 rings (SSSR count). The van der Waals surface area contributed by atoms with Crippen molar-refractivity contribution < 1.29 is 14.3 Å². The Bertz CT molecular complexity index is 536. The number of hydrogen-bond acceptors (Lipinski definition) is 3. The van der Waals surface area contributed by atoms with E-state index < -0.39 is 5.41 Å². The molecule has 0 spiro atoms. The number of benzene rings is 1. The summed E-state index contributed by atoms with van der Waals surface area (Å²) in [6.07, 6.45) is 2.22. The van der Waals surface area contributed by atoms with Crippen LogP contribution in [0.1, 0.15) is 31.7 Å². The highest BCUT2D eigenvalue weighted by Crippen LogP contribution is 2.49. The number of carbonyl (C=O) groups is 2. The van der Waals surface area contributed by atoms with Crippen LogP contribution in [-0.4, -0.2) is 36.5 Å². The van der Waals surface area contributed by atoms with Gasteiger partial charge in [-0.25, -0.2) is 0 Å². The van der Waals surface area contributed by atoms with Gasteiger partial charge in [0.2, 0.25) is 5.91 Å². The summed E-state index contributed by atoms with van der Waals surface area (Å²) in [4.78, 5) is 25.9. The van der Waals surface area contributed by atoms with Crippen LogP contribution in [0, 0.1) is 5.92 Å². The lowest BCUT2D eigenvalue weighted by Gasteiger charge is -2.17. The summed E-state index contributed by atoms with van der Waals surface area (Å²) < 4.78 is 5.53. The monoisotopic (exact) mass is 287 g/mol. The summed E-state index contributed by atoms with van der Waals surface area (Å²) in [5.74, 6) is 0.187. The molecule has 112 valence electrons. The van der Waals surface area contributed by atoms with Gasteiger partial charge in [0.05, 0.1) is 12.0 Å². The Morgan fingerprint density at radius 1 is 1.33 bits per heavy atom. The van der Waals surface area contributed by atoms with Gasteiger partial charge in [0.25, 0.3) is 0 Å². The van der Waals surface area contributed by atoms with Crippen LogP contribution in [0.15, 0.2) is 30.3 Å². The third-order valence-corrected chi connectivity index (χ3v) is 4.59. The van der Waals surface area contributed by atoms with Gasteiger partial charge in [-0.05, 0) is 25.3 Å². The van der Waals surface area contributed by atoms with Crippen LogP contribution in [0.25, 0.3) is 0 Å². The number of rotatable bonds is 5. The molecule has 0 bridgehead atoms. The second-order valence-corrected chi connectivity index (χ2v) is 6.05. The summed E-state index contributed by atoms with van der Waals surface area (Å²) in [5, 5.41) is 0. The molecule has 1 unspecified atom stereocenters. The summed E-state index contributed by atoms with van der Waals surface area (Å²) in [6.45, 7) is 3.77. The van der Waals surface area contributed by atoms with Gasteiger partial charge in [-0.3, -0.25) is 9.59 Å². The van der Waals surface area contributed by atoms with Gasteiger partial charge in [0.1, 0.15) is 0 Å². The van der Waals surface area contributed by atoms with Crippen molar-refractivity contribution >= 4 is 11.9 Å². The lowest BCUT2D eigenvalue weighted by Crippen LogP contribution is -2.27. The Hall–Kier alpha value is -1.84. The molecule has 0 radical (unpaired) electrons. The molecule has 1 aliphatic carbocycles. The van der Waals surface area contributed by atoms with Gasteiger partial charge < -0.3 is 9.64 Å². The van der Waals surface area contributed by atoms with Crippen molar-refractivity contribution in [3.05, 3.63) is 35.9 Å². The molecular weight excluding hydrogens is 266 g/mol. The Morgan fingerprint density at radius 3 is 2.62 bits per heavy atom. The van der Waals surface area contributed by atoms with Crippen molar-refractivity contribution in [2.45, 2.75) is 31.6 Å². The van der Waals surface area contributed by atoms with Crippen molar-refractivity contribution in [2.24, 2.45) is 5.92 Å². The van der Waals surface area contributed by atoms with Crippen molar-refractivity contribution in [3.63, 3.8) is 0 Å². The van der Waals surface area contributed by atoms with E-state index in [0.717, 1.165) is 24.9 Å². The molecule has 0 aromatic heterocycles. The third-order valence-electron chi connectivity index (χ3n) is 4.59. The first-order valence-electron chi connectivity index (χ1n) is 7.66. The van der Waals surface area contributed by atoms with E-state index in [4.69, 9.17) is 4.74 Å². The number of esters is 1. The maximum atomic E-state index is 12.4. The van der Waals surface area contributed by atoms with E-state index in [1.807, 2.05) is 42.2 Å². The molecule has 1 atom stereocenters. The van der Waals surface area contributed by atoms with E-state index in [9.17, 15) is 9.59 Å². The number of likely N-dealkylation sites (tertiary alicyclic amines) is 1. The first kappa shape index (κ1) is 14.1. The minimum Gasteiger partial charge on any atom is -0.465 e. The van der Waals surface area contributed by atoms with Crippen molar-refractivity contribution in [2.75, 3.05) is 19.7 Å². The van der Waals surface area contributed by atoms with Gasteiger partial charge >= 0.3 is 5.97 Å². The predicted molar refractivity (Wildman–Crippen MR) is 78.7 cm³/mol. The van der Waals surface area contributed by atoms with Crippen molar-refractivity contribution in [1.82, 2.24) is 4.90 Å². The molecule has 4 nitrogen and oxygen atoms in total. The first-order valence-corrected chi connectivity index (χ1v) is 7.66. The van der Waals surface area contributed by atoms with Crippen LogP contribution in [0.4, 0.5) is 0 Å². The van der Waals surface area contributed by atoms with Crippen molar-refractivity contribution in [1.29, 1.82) is 0 Å². The van der Waals surface area contributed by atoms with E-state index in [-0.39, 0.29) is 17.8 Å². The molecule has 21 heavy (non-hydrogen) atoms. The van der Waals surface area contributed by atoms with Crippen molar-refractivity contribution in [3.8, 4) is 0 Å². The van der Waals surface area contributed by atoms with Gasteiger partial charge in [0.15, 0.2) is 0 Å². The molecule has 0 N–H and O–H groups in total. The quantitative estimate of drug-likeness (QED) is 0.779. The fourth-order valence-corrected chi connectivity index (χ4v) is 3.10. The number of carbonyl (C=O) groups excluding carboxylic acids is 2. The second kappa shape index (κ2) is 5.51. The fraction of sp³-hybridized carbons (Fsp3) is 0.529. The standard InChI is InChI=1S/C17H21NO3/c1-2-18-11-13(10-15(18)19)12-21-16(20)17(8-9-17)14-6-4-3-5-7-14/h3-7,13H,2,8-12H2,1H3. The van der Waals surface area contributed by atoms with Crippen LogP contribution in [-0.2, 0) is 19.7 Å². The van der Waals surface area contributed by atoms with Gasteiger partial charge in [-0.15, -0.1) is 0 Å². The molecule has 2 aliphatic rings. The second-order valence-electron chi connectivity index (χ2n) is 6.05. The Labute approximate surface area is 125 Å². The van der Waals surface area contributed by atoms with Crippen LogP contribution >= 0.6 is 0 Å². The summed E-state index contributed by atoms with van der Waals surface area (Å²) >= 11 is 0. The third kappa shape index (κ3) is 2.67. The topological polar surface area (TPSA) is 46.6 Å². The van der Waals surface area contributed by atoms with E-state index in [1.165, 1.54) is 0 Å². The van der Waals surface area contributed by atoms with Crippen LogP contribution in [0.5, 0.6) is 0 Å². The summed E-state index contributed by atoms with van der Waals surface area (Å²) in [7, 11) is 0. The number of ether oxygens (including phenoxy) is 1. The first-order chi connectivity index (χ1) is 10.2. The van der Waals surface area contributed by atoms with Crippen LogP contribution < -0.4 is 0 Å². The van der Waals surface area contributed by atoms with Gasteiger partial charge in [-0.1, -0.05) is 30.3 Å². The average molecular weight is 287 g/mol. The summed E-state index contributed by atoms with van der Waals surface area (Å²) in [6, 6.07) is 9.85. The van der Waals surface area contributed by atoms with E-state index in [0.29, 0.717) is 19.6 Å². The maximum absolute atomic E-state index is 12.4. The Balaban J connectivity index is 1.57. The largest absolute Gasteiger partial charge is 0.465 e. The zero-order chi connectivity index (χ0) is 14.9. The molecule has 1 amide bonds. The molecule has 2 fully saturated rings. The van der Waals surface area contributed by atoms with E-state index in [2.05, 4.69) is 0 Å². The minimum absolute atomic E-state index is 0.129. The molecule has 1 saturated heterocycles.